The number of nitrogens with zero attached hydrogens (tertiary/aromatic N) is 2. The van der Waals surface area contributed by atoms with Crippen molar-refractivity contribution in [2.45, 2.75) is 12.8 Å². The highest BCUT2D eigenvalue weighted by Gasteiger charge is 2.22. The second-order valence-corrected chi connectivity index (χ2v) is 10.7. The molecule has 2 heteroatoms. The maximum absolute atomic E-state index is 2.45. The standard InChI is InChI=1S/C37H28N2/c1-25-23-27(19-21-29(25)26-11-3-2-4-12-26)39-36-18-10-7-15-32(36)33-22-20-28(24-37(33)39)38-34-16-8-5-13-30(34)31-14-6-9-17-35(31)38/h2-25,29H,1H3/t25?,29-/m1/s1. The zero-order valence-corrected chi connectivity index (χ0v) is 21.8. The summed E-state index contributed by atoms with van der Waals surface area (Å²) in [5.41, 5.74) is 8.73. The molecule has 2 atom stereocenters. The number of hydrogen-bond acceptors (Lipinski definition) is 0. The summed E-state index contributed by atoms with van der Waals surface area (Å²) >= 11 is 0. The third-order valence-electron chi connectivity index (χ3n) is 8.41. The molecule has 0 N–H and O–H groups in total. The van der Waals surface area contributed by atoms with Gasteiger partial charge >= 0.3 is 0 Å². The third kappa shape index (κ3) is 3.35. The van der Waals surface area contributed by atoms with Crippen molar-refractivity contribution in [1.82, 2.24) is 9.13 Å². The van der Waals surface area contributed by atoms with Gasteiger partial charge in [0.05, 0.1) is 22.1 Å². The molecular weight excluding hydrogens is 472 g/mol. The van der Waals surface area contributed by atoms with Gasteiger partial charge < -0.3 is 9.13 Å². The summed E-state index contributed by atoms with van der Waals surface area (Å²) in [6, 6.07) is 44.0. The molecule has 0 aliphatic heterocycles. The molecule has 8 rings (SSSR count). The molecule has 39 heavy (non-hydrogen) atoms. The van der Waals surface area contributed by atoms with Gasteiger partial charge in [0.2, 0.25) is 0 Å². The van der Waals surface area contributed by atoms with Crippen molar-refractivity contribution >= 4 is 49.3 Å². The zero-order chi connectivity index (χ0) is 25.9. The van der Waals surface area contributed by atoms with Crippen molar-refractivity contribution in [3.05, 3.63) is 145 Å². The van der Waals surface area contributed by atoms with Crippen molar-refractivity contribution < 1.29 is 0 Å². The Balaban J connectivity index is 1.36. The largest absolute Gasteiger partial charge is 0.309 e. The zero-order valence-electron chi connectivity index (χ0n) is 21.8. The summed E-state index contributed by atoms with van der Waals surface area (Å²) in [7, 11) is 0. The SMILES string of the molecule is CC1C=C(n2c3ccccc3c3ccc(-n4c5ccccc5c5ccccc54)cc32)C=C[C@H]1c1ccccc1. The molecule has 2 nitrogen and oxygen atoms in total. The van der Waals surface area contributed by atoms with Gasteiger partial charge in [-0.3, -0.25) is 0 Å². The van der Waals surface area contributed by atoms with Crippen molar-refractivity contribution in [3.63, 3.8) is 0 Å². The molecule has 0 fully saturated rings. The fraction of sp³-hybridized carbons (Fsp3) is 0.0811. The van der Waals surface area contributed by atoms with Crippen molar-refractivity contribution in [2.24, 2.45) is 5.92 Å². The van der Waals surface area contributed by atoms with E-state index in [0.29, 0.717) is 11.8 Å². The van der Waals surface area contributed by atoms with E-state index in [1.54, 1.807) is 0 Å². The minimum Gasteiger partial charge on any atom is -0.309 e. The first-order valence-electron chi connectivity index (χ1n) is 13.7. The molecule has 186 valence electrons. The van der Waals surface area contributed by atoms with Crippen LogP contribution < -0.4 is 0 Å². The van der Waals surface area contributed by atoms with Crippen LogP contribution >= 0.6 is 0 Å². The molecule has 0 radical (unpaired) electrons. The Morgan fingerprint density at radius 3 is 1.67 bits per heavy atom. The van der Waals surface area contributed by atoms with Crippen LogP contribution in [0.1, 0.15) is 18.4 Å². The van der Waals surface area contributed by atoms with Gasteiger partial charge in [0, 0.05) is 38.8 Å². The van der Waals surface area contributed by atoms with Gasteiger partial charge in [0.15, 0.2) is 0 Å². The van der Waals surface area contributed by atoms with E-state index in [4.69, 9.17) is 0 Å². The van der Waals surface area contributed by atoms with Crippen LogP contribution in [0.25, 0.3) is 55.0 Å². The monoisotopic (exact) mass is 500 g/mol. The average molecular weight is 501 g/mol. The molecule has 5 aromatic carbocycles. The molecule has 0 saturated carbocycles. The van der Waals surface area contributed by atoms with Crippen LogP contribution in [0.5, 0.6) is 0 Å². The number of benzene rings is 5. The van der Waals surface area contributed by atoms with Gasteiger partial charge in [-0.25, -0.2) is 0 Å². The van der Waals surface area contributed by atoms with Gasteiger partial charge in [-0.2, -0.15) is 0 Å². The quantitative estimate of drug-likeness (QED) is 0.228. The van der Waals surface area contributed by atoms with E-state index in [1.807, 2.05) is 0 Å². The van der Waals surface area contributed by atoms with Crippen LogP contribution in [0.4, 0.5) is 0 Å². The highest BCUT2D eigenvalue weighted by molar-refractivity contribution is 6.12. The molecule has 0 bridgehead atoms. The Bertz CT molecular complexity index is 2030. The van der Waals surface area contributed by atoms with E-state index in [2.05, 4.69) is 156 Å². The topological polar surface area (TPSA) is 9.86 Å². The fourth-order valence-electron chi connectivity index (χ4n) is 6.62. The summed E-state index contributed by atoms with van der Waals surface area (Å²) in [5.74, 6) is 0.778. The molecule has 7 aromatic rings. The molecule has 0 saturated heterocycles. The summed E-state index contributed by atoms with van der Waals surface area (Å²) < 4.78 is 4.86. The Labute approximate surface area is 227 Å². The number of fused-ring (bicyclic) bond motifs is 6. The highest BCUT2D eigenvalue weighted by Crippen LogP contribution is 2.39. The lowest BCUT2D eigenvalue weighted by atomic mass is 9.83. The van der Waals surface area contributed by atoms with E-state index < -0.39 is 0 Å². The molecule has 2 heterocycles. The molecule has 1 aliphatic rings. The molecule has 1 aliphatic carbocycles. The van der Waals surface area contributed by atoms with Gasteiger partial charge in [0.1, 0.15) is 0 Å². The van der Waals surface area contributed by atoms with Gasteiger partial charge in [-0.15, -0.1) is 0 Å². The molecule has 0 amide bonds. The van der Waals surface area contributed by atoms with Crippen LogP contribution in [-0.2, 0) is 0 Å². The number of aromatic nitrogens is 2. The third-order valence-corrected chi connectivity index (χ3v) is 8.41. The normalized spacial score (nSPS) is 17.4. The van der Waals surface area contributed by atoms with E-state index >= 15 is 0 Å². The molecule has 2 aromatic heterocycles. The first-order valence-corrected chi connectivity index (χ1v) is 13.7. The Morgan fingerprint density at radius 1 is 0.513 bits per heavy atom. The first kappa shape index (κ1) is 22.2. The molecule has 0 spiro atoms. The molecule has 1 unspecified atom stereocenters. The number of allylic oxidation sites excluding steroid dienone is 4. The highest BCUT2D eigenvalue weighted by atomic mass is 15.0. The summed E-state index contributed by atoms with van der Waals surface area (Å²) in [6.07, 6.45) is 7.14. The van der Waals surface area contributed by atoms with Crippen LogP contribution in [0.3, 0.4) is 0 Å². The maximum atomic E-state index is 2.45. The van der Waals surface area contributed by atoms with Crippen LogP contribution in [-0.4, -0.2) is 9.13 Å². The Hall–Kier alpha value is -4.82. The Kier molecular flexibility index (Phi) is 4.90. The number of hydrogen-bond donors (Lipinski definition) is 0. The van der Waals surface area contributed by atoms with Crippen molar-refractivity contribution in [3.8, 4) is 5.69 Å². The average Bonchev–Trinajstić information content (AvgIpc) is 3.50. The Morgan fingerprint density at radius 2 is 1.05 bits per heavy atom. The van der Waals surface area contributed by atoms with E-state index in [0.717, 1.165) is 0 Å². The van der Waals surface area contributed by atoms with Gasteiger partial charge in [-0.05, 0) is 47.9 Å². The summed E-state index contributed by atoms with van der Waals surface area (Å²) in [5, 5.41) is 5.13. The minimum absolute atomic E-state index is 0.385. The van der Waals surface area contributed by atoms with E-state index in [1.165, 1.54) is 60.6 Å². The minimum atomic E-state index is 0.385. The number of rotatable bonds is 3. The number of para-hydroxylation sites is 3. The van der Waals surface area contributed by atoms with E-state index in [-0.39, 0.29) is 0 Å². The second-order valence-electron chi connectivity index (χ2n) is 10.7. The fourth-order valence-corrected chi connectivity index (χ4v) is 6.62. The lowest BCUT2D eigenvalue weighted by Gasteiger charge is -2.24. The predicted octanol–water partition coefficient (Wildman–Crippen LogP) is 9.72. The smallest absolute Gasteiger partial charge is 0.0561 e. The van der Waals surface area contributed by atoms with Crippen LogP contribution in [0.2, 0.25) is 0 Å². The van der Waals surface area contributed by atoms with Crippen molar-refractivity contribution in [2.75, 3.05) is 0 Å². The van der Waals surface area contributed by atoms with Gasteiger partial charge in [0.25, 0.3) is 0 Å². The summed E-state index contributed by atoms with van der Waals surface area (Å²) in [6.45, 7) is 2.33. The van der Waals surface area contributed by atoms with Crippen LogP contribution in [0.15, 0.2) is 140 Å². The van der Waals surface area contributed by atoms with E-state index in [9.17, 15) is 0 Å². The van der Waals surface area contributed by atoms with Crippen molar-refractivity contribution in [1.29, 1.82) is 0 Å². The molecular formula is C37H28N2. The second kappa shape index (κ2) is 8.61. The van der Waals surface area contributed by atoms with Crippen LogP contribution in [0, 0.1) is 5.92 Å². The lowest BCUT2D eigenvalue weighted by Crippen LogP contribution is -2.11. The first-order chi connectivity index (χ1) is 19.3. The summed E-state index contributed by atoms with van der Waals surface area (Å²) in [4.78, 5) is 0. The van der Waals surface area contributed by atoms with Gasteiger partial charge in [-0.1, -0.05) is 110 Å². The maximum Gasteiger partial charge on any atom is 0.0561 e. The predicted molar refractivity (Wildman–Crippen MR) is 166 cm³/mol. The lowest BCUT2D eigenvalue weighted by molar-refractivity contribution is 0.635.